The molecule has 4 rings (SSSR count). The Balaban J connectivity index is 1.42. The van der Waals surface area contributed by atoms with E-state index in [0.717, 1.165) is 27.5 Å². The number of nitrogens with zero attached hydrogens (tertiary/aromatic N) is 2. The summed E-state index contributed by atoms with van der Waals surface area (Å²) >= 11 is 1.46. The summed E-state index contributed by atoms with van der Waals surface area (Å²) in [5, 5.41) is 7.25. The quantitative estimate of drug-likeness (QED) is 0.681. The number of benzene rings is 2. The van der Waals surface area contributed by atoms with Gasteiger partial charge in [0.25, 0.3) is 0 Å². The molecule has 1 aliphatic heterocycles. The van der Waals surface area contributed by atoms with Crippen molar-refractivity contribution < 1.29 is 14.3 Å². The number of aromatic nitrogens is 2. The number of fused-ring (bicyclic) bond motifs is 1. The van der Waals surface area contributed by atoms with Gasteiger partial charge in [0, 0.05) is 10.6 Å². The number of thioether (sulfide) groups is 1. The lowest BCUT2D eigenvalue weighted by Crippen LogP contribution is -2.19. The third-order valence-electron chi connectivity index (χ3n) is 4.41. The zero-order chi connectivity index (χ0) is 19.7. The minimum Gasteiger partial charge on any atom is -0.457 e. The van der Waals surface area contributed by atoms with Crippen molar-refractivity contribution in [1.82, 2.24) is 9.78 Å². The molecule has 0 radical (unpaired) electrons. The Morgan fingerprint density at radius 3 is 2.68 bits per heavy atom. The van der Waals surface area contributed by atoms with Crippen LogP contribution in [0.25, 0.3) is 5.69 Å². The van der Waals surface area contributed by atoms with E-state index in [0.29, 0.717) is 17.0 Å². The highest BCUT2D eigenvalue weighted by atomic mass is 32.2. The van der Waals surface area contributed by atoms with Gasteiger partial charge in [0.1, 0.15) is 6.61 Å². The molecule has 7 heteroatoms. The fraction of sp³-hybridized carbons (Fsp3) is 0.190. The number of hydrogen-bond acceptors (Lipinski definition) is 5. The van der Waals surface area contributed by atoms with E-state index in [1.54, 1.807) is 12.1 Å². The molecule has 0 aliphatic carbocycles. The summed E-state index contributed by atoms with van der Waals surface area (Å²) < 4.78 is 7.30. The van der Waals surface area contributed by atoms with E-state index < -0.39 is 5.97 Å². The Hall–Kier alpha value is -3.06. The first-order valence-corrected chi connectivity index (χ1v) is 9.84. The van der Waals surface area contributed by atoms with Gasteiger partial charge >= 0.3 is 5.97 Å². The highest BCUT2D eigenvalue weighted by molar-refractivity contribution is 8.00. The Morgan fingerprint density at radius 2 is 1.96 bits per heavy atom. The molecule has 3 aromatic rings. The molecular formula is C21H19N3O3S. The Labute approximate surface area is 166 Å². The van der Waals surface area contributed by atoms with Gasteiger partial charge in [0.2, 0.25) is 5.91 Å². The number of esters is 1. The summed E-state index contributed by atoms with van der Waals surface area (Å²) in [5.74, 6) is -0.0920. The van der Waals surface area contributed by atoms with Crippen LogP contribution in [-0.2, 0) is 16.1 Å². The Bertz CT molecular complexity index is 1060. The molecule has 0 spiro atoms. The van der Waals surface area contributed by atoms with Crippen LogP contribution in [0.5, 0.6) is 0 Å². The zero-order valence-electron chi connectivity index (χ0n) is 15.6. The van der Waals surface area contributed by atoms with E-state index in [4.69, 9.17) is 4.74 Å². The van der Waals surface area contributed by atoms with Crippen LogP contribution in [0.15, 0.2) is 53.4 Å². The van der Waals surface area contributed by atoms with Crippen molar-refractivity contribution in [2.75, 3.05) is 11.1 Å². The second-order valence-electron chi connectivity index (χ2n) is 6.63. The Kier molecular flexibility index (Phi) is 4.92. The minimum atomic E-state index is -0.421. The summed E-state index contributed by atoms with van der Waals surface area (Å²) in [7, 11) is 0. The van der Waals surface area contributed by atoms with Crippen LogP contribution in [0, 0.1) is 13.8 Å². The lowest BCUT2D eigenvalue weighted by molar-refractivity contribution is -0.113. The largest absolute Gasteiger partial charge is 0.457 e. The molecule has 0 saturated heterocycles. The topological polar surface area (TPSA) is 73.2 Å². The smallest absolute Gasteiger partial charge is 0.338 e. The van der Waals surface area contributed by atoms with Gasteiger partial charge in [-0.05, 0) is 55.8 Å². The number of ether oxygens (including phenoxy) is 1. The monoisotopic (exact) mass is 393 g/mol. The first kappa shape index (κ1) is 18.3. The molecule has 1 N–H and O–H groups in total. The lowest BCUT2D eigenvalue weighted by atomic mass is 10.2. The van der Waals surface area contributed by atoms with E-state index in [1.807, 2.05) is 54.9 Å². The van der Waals surface area contributed by atoms with Crippen molar-refractivity contribution in [3.05, 3.63) is 71.0 Å². The highest BCUT2D eigenvalue weighted by Crippen LogP contribution is 2.32. The fourth-order valence-corrected chi connectivity index (χ4v) is 3.85. The van der Waals surface area contributed by atoms with Crippen molar-refractivity contribution >= 4 is 29.3 Å². The van der Waals surface area contributed by atoms with Crippen molar-refractivity contribution in [3.63, 3.8) is 0 Å². The zero-order valence-corrected chi connectivity index (χ0v) is 16.4. The SMILES string of the molecule is Cc1cc(C)n(-c2ccc(COC(=O)c3ccc4c(c3)NC(=O)CS4)cc2)n1. The molecule has 0 saturated carbocycles. The molecular weight excluding hydrogens is 374 g/mol. The maximum absolute atomic E-state index is 12.4. The molecule has 0 bridgehead atoms. The molecule has 1 aromatic heterocycles. The average Bonchev–Trinajstić information content (AvgIpc) is 3.04. The van der Waals surface area contributed by atoms with Crippen LogP contribution < -0.4 is 5.32 Å². The predicted octanol–water partition coefficient (Wildman–Crippen LogP) is 3.89. The lowest BCUT2D eigenvalue weighted by Gasteiger charge is -2.16. The number of nitrogens with one attached hydrogen (secondary N) is 1. The van der Waals surface area contributed by atoms with E-state index in [-0.39, 0.29) is 12.5 Å². The number of carbonyl (C=O) groups excluding carboxylic acids is 2. The van der Waals surface area contributed by atoms with E-state index >= 15 is 0 Å². The molecule has 6 nitrogen and oxygen atoms in total. The number of aryl methyl sites for hydroxylation is 2. The summed E-state index contributed by atoms with van der Waals surface area (Å²) in [6.07, 6.45) is 0. The number of hydrogen-bond donors (Lipinski definition) is 1. The van der Waals surface area contributed by atoms with Crippen LogP contribution in [-0.4, -0.2) is 27.4 Å². The van der Waals surface area contributed by atoms with Crippen molar-refractivity contribution in [2.45, 2.75) is 25.3 Å². The molecule has 142 valence electrons. The van der Waals surface area contributed by atoms with E-state index in [2.05, 4.69) is 10.4 Å². The second-order valence-corrected chi connectivity index (χ2v) is 7.65. The molecule has 0 unspecified atom stereocenters. The maximum atomic E-state index is 12.4. The van der Waals surface area contributed by atoms with Gasteiger partial charge in [-0.15, -0.1) is 11.8 Å². The average molecular weight is 393 g/mol. The van der Waals surface area contributed by atoms with Crippen LogP contribution in [0.3, 0.4) is 0 Å². The molecule has 2 aromatic carbocycles. The highest BCUT2D eigenvalue weighted by Gasteiger charge is 2.18. The molecule has 2 heterocycles. The summed E-state index contributed by atoms with van der Waals surface area (Å²) in [6.45, 7) is 4.14. The normalized spacial score (nSPS) is 13.0. The molecule has 28 heavy (non-hydrogen) atoms. The second kappa shape index (κ2) is 7.52. The van der Waals surface area contributed by atoms with Gasteiger partial charge in [-0.3, -0.25) is 4.79 Å². The van der Waals surface area contributed by atoms with Gasteiger partial charge in [-0.25, -0.2) is 9.48 Å². The molecule has 1 aliphatic rings. The van der Waals surface area contributed by atoms with Crippen molar-refractivity contribution in [2.24, 2.45) is 0 Å². The molecule has 1 amide bonds. The first-order valence-electron chi connectivity index (χ1n) is 8.86. The number of rotatable bonds is 4. The summed E-state index contributed by atoms with van der Waals surface area (Å²) in [4.78, 5) is 24.8. The van der Waals surface area contributed by atoms with E-state index in [1.165, 1.54) is 11.8 Å². The molecule has 0 atom stereocenters. The maximum Gasteiger partial charge on any atom is 0.338 e. The number of carbonyl (C=O) groups is 2. The number of amides is 1. The van der Waals surface area contributed by atoms with Gasteiger partial charge in [0.05, 0.1) is 28.4 Å². The van der Waals surface area contributed by atoms with Gasteiger partial charge in [-0.1, -0.05) is 12.1 Å². The summed E-state index contributed by atoms with van der Waals surface area (Å²) in [6, 6.07) is 15.0. The number of anilines is 1. The van der Waals surface area contributed by atoms with Crippen LogP contribution >= 0.6 is 11.8 Å². The van der Waals surface area contributed by atoms with Gasteiger partial charge in [0.15, 0.2) is 0 Å². The first-order chi connectivity index (χ1) is 13.5. The van der Waals surface area contributed by atoms with Gasteiger partial charge < -0.3 is 10.1 Å². The predicted molar refractivity (Wildman–Crippen MR) is 108 cm³/mol. The van der Waals surface area contributed by atoms with Crippen molar-refractivity contribution in [1.29, 1.82) is 0 Å². The van der Waals surface area contributed by atoms with E-state index in [9.17, 15) is 9.59 Å². The summed E-state index contributed by atoms with van der Waals surface area (Å²) in [5.41, 5.74) is 4.96. The van der Waals surface area contributed by atoms with Gasteiger partial charge in [-0.2, -0.15) is 5.10 Å². The minimum absolute atomic E-state index is 0.0641. The Morgan fingerprint density at radius 1 is 1.18 bits per heavy atom. The van der Waals surface area contributed by atoms with Crippen LogP contribution in [0.1, 0.15) is 27.3 Å². The molecule has 0 fully saturated rings. The van der Waals surface area contributed by atoms with Crippen LogP contribution in [0.4, 0.5) is 5.69 Å². The third kappa shape index (κ3) is 3.80. The standard InChI is InChI=1S/C21H19N3O3S/c1-13-9-14(2)24(23-13)17-6-3-15(4-7-17)11-27-21(26)16-5-8-19-18(10-16)22-20(25)12-28-19/h3-10H,11-12H2,1-2H3,(H,22,25). The van der Waals surface area contributed by atoms with Crippen molar-refractivity contribution in [3.8, 4) is 5.69 Å². The fourth-order valence-electron chi connectivity index (χ4n) is 3.07. The van der Waals surface area contributed by atoms with Crippen LogP contribution in [0.2, 0.25) is 0 Å². The third-order valence-corrected chi connectivity index (χ3v) is 5.48.